The van der Waals surface area contributed by atoms with Gasteiger partial charge in [0.15, 0.2) is 17.3 Å². The van der Waals surface area contributed by atoms with E-state index in [1.165, 1.54) is 6.07 Å². The summed E-state index contributed by atoms with van der Waals surface area (Å²) in [6.45, 7) is 0.481. The number of nitrogens with one attached hydrogen (secondary N) is 3. The van der Waals surface area contributed by atoms with Crippen molar-refractivity contribution in [1.29, 1.82) is 0 Å². The number of aromatic amines is 1. The number of aromatic nitrogens is 3. The van der Waals surface area contributed by atoms with Gasteiger partial charge in [0.2, 0.25) is 12.7 Å². The monoisotopic (exact) mass is 355 g/mol. The van der Waals surface area contributed by atoms with Crippen LogP contribution in [0.25, 0.3) is 11.4 Å². The van der Waals surface area contributed by atoms with E-state index in [1.807, 2.05) is 6.07 Å². The standard InChI is InChI=1S/C17H14FN5O3/c18-12-4-2-1-3-11(12)15-20-16(23-22-15)21-17(24)19-8-10-5-6-13-14(7-10)26-9-25-13/h1-7H,8-9H2,(H3,19,20,21,22,23,24). The molecule has 0 bridgehead atoms. The van der Waals surface area contributed by atoms with Crippen molar-refractivity contribution >= 4 is 12.0 Å². The Labute approximate surface area is 147 Å². The number of carbonyl (C=O) groups is 1. The molecule has 0 spiro atoms. The Hall–Kier alpha value is -3.62. The van der Waals surface area contributed by atoms with Gasteiger partial charge in [-0.1, -0.05) is 18.2 Å². The maximum Gasteiger partial charge on any atom is 0.321 e. The van der Waals surface area contributed by atoms with Crippen LogP contribution >= 0.6 is 0 Å². The van der Waals surface area contributed by atoms with Crippen LogP contribution in [0, 0.1) is 5.82 Å². The third-order valence-corrected chi connectivity index (χ3v) is 3.73. The first-order chi connectivity index (χ1) is 12.7. The molecule has 3 N–H and O–H groups in total. The minimum absolute atomic E-state index is 0.0476. The zero-order chi connectivity index (χ0) is 17.9. The van der Waals surface area contributed by atoms with Crippen molar-refractivity contribution in [3.8, 4) is 22.9 Å². The van der Waals surface area contributed by atoms with Crippen LogP contribution in [-0.4, -0.2) is 28.0 Å². The molecular weight excluding hydrogens is 341 g/mol. The van der Waals surface area contributed by atoms with Crippen molar-refractivity contribution < 1.29 is 18.7 Å². The van der Waals surface area contributed by atoms with Crippen molar-refractivity contribution in [2.45, 2.75) is 6.54 Å². The summed E-state index contributed by atoms with van der Waals surface area (Å²) in [4.78, 5) is 16.1. The quantitative estimate of drug-likeness (QED) is 0.668. The van der Waals surface area contributed by atoms with Crippen molar-refractivity contribution in [2.24, 2.45) is 0 Å². The Kier molecular flexibility index (Phi) is 4.10. The highest BCUT2D eigenvalue weighted by Gasteiger charge is 2.14. The number of nitrogens with zero attached hydrogens (tertiary/aromatic N) is 2. The number of amides is 2. The van der Waals surface area contributed by atoms with Crippen LogP contribution in [0.5, 0.6) is 11.5 Å². The number of anilines is 1. The number of benzene rings is 2. The van der Waals surface area contributed by atoms with E-state index in [2.05, 4.69) is 25.8 Å². The number of hydrogen-bond donors (Lipinski definition) is 3. The second kappa shape index (κ2) is 6.71. The van der Waals surface area contributed by atoms with Crippen molar-refractivity contribution in [1.82, 2.24) is 20.5 Å². The Balaban J connectivity index is 1.36. The van der Waals surface area contributed by atoms with E-state index < -0.39 is 11.8 Å². The molecule has 2 aromatic carbocycles. The predicted octanol–water partition coefficient (Wildman–Crippen LogP) is 2.66. The van der Waals surface area contributed by atoms with Gasteiger partial charge in [0.05, 0.1) is 5.56 Å². The molecule has 0 saturated heterocycles. The second-order valence-corrected chi connectivity index (χ2v) is 5.48. The topological polar surface area (TPSA) is 101 Å². The van der Waals surface area contributed by atoms with Crippen LogP contribution in [0.15, 0.2) is 42.5 Å². The normalized spacial score (nSPS) is 12.0. The van der Waals surface area contributed by atoms with Gasteiger partial charge in [0, 0.05) is 6.54 Å². The van der Waals surface area contributed by atoms with E-state index in [1.54, 1.807) is 30.3 Å². The van der Waals surface area contributed by atoms with E-state index in [0.717, 1.165) is 5.56 Å². The van der Waals surface area contributed by atoms with Crippen molar-refractivity contribution in [3.05, 3.63) is 53.8 Å². The number of carbonyl (C=O) groups excluding carboxylic acids is 1. The minimum Gasteiger partial charge on any atom is -0.454 e. The summed E-state index contributed by atoms with van der Waals surface area (Å²) in [6.07, 6.45) is 0. The van der Waals surface area contributed by atoms with Gasteiger partial charge in [-0.25, -0.2) is 9.18 Å². The van der Waals surface area contributed by atoms with E-state index >= 15 is 0 Å². The molecule has 0 saturated carbocycles. The molecule has 2 amide bonds. The van der Waals surface area contributed by atoms with Gasteiger partial charge in [0.1, 0.15) is 5.82 Å². The van der Waals surface area contributed by atoms with Crippen LogP contribution in [0.2, 0.25) is 0 Å². The molecular formula is C17H14FN5O3. The fourth-order valence-corrected chi connectivity index (χ4v) is 2.47. The highest BCUT2D eigenvalue weighted by Crippen LogP contribution is 2.32. The average Bonchev–Trinajstić information content (AvgIpc) is 3.29. The molecule has 9 heteroatoms. The minimum atomic E-state index is -0.484. The van der Waals surface area contributed by atoms with Gasteiger partial charge in [-0.15, -0.1) is 5.10 Å². The van der Waals surface area contributed by atoms with Gasteiger partial charge in [-0.05, 0) is 29.8 Å². The third-order valence-electron chi connectivity index (χ3n) is 3.73. The van der Waals surface area contributed by atoms with E-state index in [9.17, 15) is 9.18 Å². The maximum atomic E-state index is 13.7. The fourth-order valence-electron chi connectivity index (χ4n) is 2.47. The van der Waals surface area contributed by atoms with Crippen LogP contribution in [-0.2, 0) is 6.54 Å². The van der Waals surface area contributed by atoms with Gasteiger partial charge in [-0.2, -0.15) is 4.98 Å². The number of fused-ring (bicyclic) bond motifs is 1. The molecule has 0 atom stereocenters. The van der Waals surface area contributed by atoms with Gasteiger partial charge < -0.3 is 14.8 Å². The maximum absolute atomic E-state index is 13.7. The molecule has 0 fully saturated rings. The lowest BCUT2D eigenvalue weighted by Gasteiger charge is -2.06. The fraction of sp³-hybridized carbons (Fsp3) is 0.118. The van der Waals surface area contributed by atoms with Crippen LogP contribution in [0.1, 0.15) is 5.56 Å². The summed E-state index contributed by atoms with van der Waals surface area (Å²) < 4.78 is 24.3. The molecule has 8 nitrogen and oxygen atoms in total. The first kappa shape index (κ1) is 15.9. The van der Waals surface area contributed by atoms with Crippen LogP contribution in [0.3, 0.4) is 0 Å². The summed E-state index contributed by atoms with van der Waals surface area (Å²) >= 11 is 0. The molecule has 0 aliphatic carbocycles. The third kappa shape index (κ3) is 3.27. The smallest absolute Gasteiger partial charge is 0.321 e. The Bertz CT molecular complexity index is 959. The number of urea groups is 1. The van der Waals surface area contributed by atoms with E-state index in [-0.39, 0.29) is 30.7 Å². The lowest BCUT2D eigenvalue weighted by Crippen LogP contribution is -2.28. The number of ether oxygens (including phenoxy) is 2. The first-order valence-corrected chi connectivity index (χ1v) is 7.80. The summed E-state index contributed by atoms with van der Waals surface area (Å²) in [5, 5.41) is 11.6. The second-order valence-electron chi connectivity index (χ2n) is 5.48. The Morgan fingerprint density at radius 3 is 2.92 bits per heavy atom. The van der Waals surface area contributed by atoms with Crippen molar-refractivity contribution in [3.63, 3.8) is 0 Å². The molecule has 3 aromatic rings. The lowest BCUT2D eigenvalue weighted by atomic mass is 10.2. The zero-order valence-electron chi connectivity index (χ0n) is 13.5. The predicted molar refractivity (Wildman–Crippen MR) is 90.2 cm³/mol. The molecule has 2 heterocycles. The average molecular weight is 355 g/mol. The molecule has 132 valence electrons. The molecule has 0 radical (unpaired) electrons. The molecule has 1 aromatic heterocycles. The summed E-state index contributed by atoms with van der Waals surface area (Å²) in [7, 11) is 0. The van der Waals surface area contributed by atoms with Gasteiger partial charge in [-0.3, -0.25) is 10.4 Å². The highest BCUT2D eigenvalue weighted by atomic mass is 19.1. The van der Waals surface area contributed by atoms with E-state index in [0.29, 0.717) is 11.5 Å². The zero-order valence-corrected chi connectivity index (χ0v) is 13.5. The summed E-state index contributed by atoms with van der Waals surface area (Å²) in [5.41, 5.74) is 1.13. The largest absolute Gasteiger partial charge is 0.454 e. The lowest BCUT2D eigenvalue weighted by molar-refractivity contribution is 0.174. The molecule has 0 unspecified atom stereocenters. The Morgan fingerprint density at radius 1 is 1.19 bits per heavy atom. The number of H-pyrrole nitrogens is 1. The number of rotatable bonds is 4. The molecule has 4 rings (SSSR count). The van der Waals surface area contributed by atoms with Gasteiger partial charge >= 0.3 is 6.03 Å². The summed E-state index contributed by atoms with van der Waals surface area (Å²) in [6, 6.07) is 11.1. The van der Waals surface area contributed by atoms with E-state index in [4.69, 9.17) is 9.47 Å². The number of halogens is 1. The molecule has 1 aliphatic rings. The molecule has 26 heavy (non-hydrogen) atoms. The highest BCUT2D eigenvalue weighted by molar-refractivity contribution is 5.87. The first-order valence-electron chi connectivity index (χ1n) is 7.80. The van der Waals surface area contributed by atoms with Gasteiger partial charge in [0.25, 0.3) is 0 Å². The summed E-state index contributed by atoms with van der Waals surface area (Å²) in [5.74, 6) is 1.18. The van der Waals surface area contributed by atoms with Crippen LogP contribution < -0.4 is 20.1 Å². The SMILES string of the molecule is O=C(NCc1ccc2c(c1)OCO2)Nc1n[nH]c(-c2ccccc2F)n1. The number of hydrogen-bond acceptors (Lipinski definition) is 5. The van der Waals surface area contributed by atoms with Crippen LogP contribution in [0.4, 0.5) is 15.1 Å². The van der Waals surface area contributed by atoms with Crippen molar-refractivity contribution in [2.75, 3.05) is 12.1 Å². The molecule has 1 aliphatic heterocycles. The Morgan fingerprint density at radius 2 is 2.04 bits per heavy atom.